The molecule has 29 N–H and O–H groups in total. The number of carbonyl (C=O) groups is 15. The second-order valence-corrected chi connectivity index (χ2v) is 27.5. The van der Waals surface area contributed by atoms with Gasteiger partial charge in [-0.3, -0.25) is 76.9 Å². The summed E-state index contributed by atoms with van der Waals surface area (Å²) >= 11 is 0. The van der Waals surface area contributed by atoms with Crippen LogP contribution in [0.4, 0.5) is 0 Å². The van der Waals surface area contributed by atoms with Gasteiger partial charge in [-0.25, -0.2) is 0 Å². The van der Waals surface area contributed by atoms with Crippen LogP contribution < -0.4 is 110 Å². The first-order valence-electron chi connectivity index (χ1n) is 36.1. The van der Waals surface area contributed by atoms with Gasteiger partial charge in [-0.2, -0.15) is 0 Å². The summed E-state index contributed by atoms with van der Waals surface area (Å²) in [7, 11) is 0. The normalized spacial score (nSPS) is 14.6. The summed E-state index contributed by atoms with van der Waals surface area (Å²) in [5.74, 6) is -15.0. The zero-order valence-corrected chi connectivity index (χ0v) is 62.6. The predicted octanol–water partition coefficient (Wildman–Crippen LogP) is -4.74. The number of carbonyl (C=O) groups excluding carboxylic acids is 15. The van der Waals surface area contributed by atoms with Crippen molar-refractivity contribution in [2.24, 2.45) is 74.5 Å². The van der Waals surface area contributed by atoms with E-state index in [9.17, 15) is 71.9 Å². The molecule has 1 aromatic carbocycles. The number of unbranched alkanes of at least 4 members (excludes halogenated alkanes) is 2. The number of hydrogen-bond acceptors (Lipinski definition) is 19. The molecule has 594 valence electrons. The van der Waals surface area contributed by atoms with Crippen LogP contribution in [0.5, 0.6) is 0 Å². The van der Waals surface area contributed by atoms with E-state index in [1.807, 2.05) is 18.2 Å². The molecule has 0 fully saturated rings. The fourth-order valence-corrected chi connectivity index (χ4v) is 11.2. The van der Waals surface area contributed by atoms with Gasteiger partial charge in [-0.05, 0) is 132 Å². The molecule has 0 saturated heterocycles. The number of fused-ring (bicyclic) bond motifs is 1. The van der Waals surface area contributed by atoms with Gasteiger partial charge in [0.25, 0.3) is 0 Å². The number of aromatic nitrogens is 1. The molecule has 37 heteroatoms. The van der Waals surface area contributed by atoms with E-state index < -0.39 is 186 Å². The second-order valence-electron chi connectivity index (χ2n) is 27.5. The van der Waals surface area contributed by atoms with Gasteiger partial charge >= 0.3 is 0 Å². The molecule has 2 aromatic rings. The summed E-state index contributed by atoms with van der Waals surface area (Å²) in [5.41, 5.74) is 46.0. The van der Waals surface area contributed by atoms with E-state index in [0.717, 1.165) is 10.9 Å². The highest BCUT2D eigenvalue weighted by Crippen LogP contribution is 2.21. The molecule has 0 bridgehead atoms. The van der Waals surface area contributed by atoms with Crippen molar-refractivity contribution in [1.82, 2.24) is 68.8 Å². The maximum atomic E-state index is 14.6. The SMILES string of the molecule is CC[C@H](C)[C@H](NC(=O)[C@H](CC(C)C)NC(=O)[C@H](CCCN)NC(=O)CNC(=O)[C@H](CC(N)=O)NC(=O)[C@@H](NC(=O)[C@H](CCCCN)NC(=O)[C@@H](NC(=O)[C@H](Cc1c[nH]c2ccccc12)NC(=O)[C@H](CCCN=C(N)N)NC(C)=O)C(C)C)C(C)C)C(=O)N[C@@H](CCCCN)C(=O)N[C@@H](CCC(N)=O)C(N)=O. The number of amides is 15. The van der Waals surface area contributed by atoms with Crippen LogP contribution in [0.2, 0.25) is 0 Å². The third-order valence-electron chi connectivity index (χ3n) is 17.3. The lowest BCUT2D eigenvalue weighted by atomic mass is 9.96. The van der Waals surface area contributed by atoms with Crippen LogP contribution in [0.25, 0.3) is 10.9 Å². The van der Waals surface area contributed by atoms with Gasteiger partial charge in [-0.1, -0.05) is 80.0 Å². The number of nitrogens with zero attached hydrogens (tertiary/aromatic N) is 1. The van der Waals surface area contributed by atoms with Crippen LogP contribution in [-0.2, 0) is 78.3 Å². The molecule has 37 nitrogen and oxygen atoms in total. The molecule has 0 saturated carbocycles. The Bertz CT molecular complexity index is 3300. The average Bonchev–Trinajstić information content (AvgIpc) is 1.62. The van der Waals surface area contributed by atoms with Gasteiger partial charge in [0.15, 0.2) is 5.96 Å². The fraction of sp³-hybridized carbons (Fsp3) is 0.652. The molecule has 0 aliphatic rings. The Balaban J connectivity index is 2.38. The molecule has 1 aromatic heterocycles. The quantitative estimate of drug-likeness (QED) is 0.0168. The smallest absolute Gasteiger partial charge is 0.243 e. The number of aliphatic imine (C=N–C) groups is 1. The highest BCUT2D eigenvalue weighted by molar-refractivity contribution is 6.00. The van der Waals surface area contributed by atoms with Gasteiger partial charge < -0.3 is 115 Å². The van der Waals surface area contributed by atoms with E-state index in [0.29, 0.717) is 37.7 Å². The van der Waals surface area contributed by atoms with E-state index in [2.05, 4.69) is 73.8 Å². The van der Waals surface area contributed by atoms with Crippen molar-refractivity contribution in [3.05, 3.63) is 36.0 Å². The van der Waals surface area contributed by atoms with Crippen LogP contribution in [0.1, 0.15) is 164 Å². The number of H-pyrrole nitrogens is 1. The molecule has 0 radical (unpaired) electrons. The molecule has 15 amide bonds. The van der Waals surface area contributed by atoms with Gasteiger partial charge in [0.2, 0.25) is 88.6 Å². The number of nitrogens with two attached hydrogens (primary N) is 8. The Morgan fingerprint density at radius 1 is 0.453 bits per heavy atom. The molecule has 12 atom stereocenters. The first-order chi connectivity index (χ1) is 50.0. The van der Waals surface area contributed by atoms with E-state index in [4.69, 9.17) is 45.9 Å². The van der Waals surface area contributed by atoms with Gasteiger partial charge in [-0.15, -0.1) is 0 Å². The number of aromatic amines is 1. The Morgan fingerprint density at radius 2 is 0.896 bits per heavy atom. The highest BCUT2D eigenvalue weighted by Gasteiger charge is 2.38. The predicted molar refractivity (Wildman–Crippen MR) is 396 cm³/mol. The summed E-state index contributed by atoms with van der Waals surface area (Å²) in [6, 6.07) is -7.61. The van der Waals surface area contributed by atoms with Crippen LogP contribution in [0.3, 0.4) is 0 Å². The number of hydrogen-bond donors (Lipinski definition) is 21. The highest BCUT2D eigenvalue weighted by atomic mass is 16.2. The van der Waals surface area contributed by atoms with Crippen molar-refractivity contribution in [2.45, 2.75) is 232 Å². The molecule has 106 heavy (non-hydrogen) atoms. The summed E-state index contributed by atoms with van der Waals surface area (Å²) in [6.45, 7) is 14.5. The summed E-state index contributed by atoms with van der Waals surface area (Å²) in [4.78, 5) is 211. The van der Waals surface area contributed by atoms with Crippen LogP contribution in [0, 0.1) is 23.7 Å². The topological polar surface area (TPSA) is 637 Å². The monoisotopic (exact) mass is 1490 g/mol. The molecular weight excluding hydrogens is 1380 g/mol. The first-order valence-corrected chi connectivity index (χ1v) is 36.1. The average molecular weight is 1500 g/mol. The summed E-state index contributed by atoms with van der Waals surface area (Å²) in [5, 5.41) is 32.0. The van der Waals surface area contributed by atoms with Crippen molar-refractivity contribution >= 4 is 105 Å². The minimum absolute atomic E-state index is 0.0158. The number of nitrogens with one attached hydrogen (secondary N) is 13. The number of benzene rings is 1. The van der Waals surface area contributed by atoms with Gasteiger partial charge in [0, 0.05) is 43.4 Å². The molecule has 0 spiro atoms. The minimum Gasteiger partial charge on any atom is -0.370 e. The van der Waals surface area contributed by atoms with E-state index >= 15 is 0 Å². The Hall–Kier alpha value is -10.0. The zero-order chi connectivity index (χ0) is 79.9. The zero-order valence-electron chi connectivity index (χ0n) is 62.6. The van der Waals surface area contributed by atoms with Crippen molar-refractivity contribution < 1.29 is 71.9 Å². The Morgan fingerprint density at radius 3 is 1.39 bits per heavy atom. The van der Waals surface area contributed by atoms with E-state index in [1.165, 1.54) is 6.92 Å². The minimum atomic E-state index is -1.75. The first kappa shape index (κ1) is 92.0. The summed E-state index contributed by atoms with van der Waals surface area (Å²) < 4.78 is 0. The van der Waals surface area contributed by atoms with Crippen molar-refractivity contribution in [3.63, 3.8) is 0 Å². The van der Waals surface area contributed by atoms with E-state index in [1.54, 1.807) is 67.7 Å². The standard InChI is InChI=1S/C69H118N22O15/c1-10-39(8)57(68(106)85-47(21-13-15-27-70)62(100)83-44(58(75)96)25-26-52(73)93)91-64(102)49(31-36(2)3)86-61(99)46(23-17-29-72)82-54(95)35-80-59(97)51(33-53(74)94)88-67(105)56(38(6)7)89-63(101)48(22-14-16-28-71)84-66(104)55(37(4)5)90-65(103)50(32-41-34-79-43-20-12-11-19-42(41)43)87-60(98)45(81-40(9)92)24-18-30-78-69(76)77/h11-12,19-20,34,36-39,44-51,55-57,79H,10,13-18,21-33,35,70-72H2,1-9H3,(H2,73,93)(H2,74,94)(H2,75,96)(H,80,97)(H,81,92)(H,82,95)(H,83,100)(H,84,104)(H,85,106)(H,86,99)(H,87,98)(H,88,105)(H,89,101)(H,90,103)(H,91,102)(H4,76,77,78)/t39-,44-,45-,46-,47-,48-,49-,50-,51-,55-,56-,57-/m0/s1. The maximum absolute atomic E-state index is 14.6. The third kappa shape index (κ3) is 33.8. The molecule has 2 rings (SSSR count). The number of guanidine groups is 1. The van der Waals surface area contributed by atoms with Crippen LogP contribution >= 0.6 is 0 Å². The molecule has 0 aliphatic carbocycles. The van der Waals surface area contributed by atoms with Crippen molar-refractivity contribution in [1.29, 1.82) is 0 Å². The largest absolute Gasteiger partial charge is 0.370 e. The third-order valence-corrected chi connectivity index (χ3v) is 17.3. The lowest BCUT2D eigenvalue weighted by molar-refractivity contribution is -0.137. The van der Waals surface area contributed by atoms with E-state index in [-0.39, 0.29) is 102 Å². The van der Waals surface area contributed by atoms with Crippen LogP contribution in [0.15, 0.2) is 35.5 Å². The summed E-state index contributed by atoms with van der Waals surface area (Å²) in [6.07, 6.45) is 2.76. The molecule has 0 aliphatic heterocycles. The van der Waals surface area contributed by atoms with Gasteiger partial charge in [0.05, 0.1) is 13.0 Å². The van der Waals surface area contributed by atoms with Crippen molar-refractivity contribution in [3.8, 4) is 0 Å². The Labute approximate surface area is 618 Å². The van der Waals surface area contributed by atoms with Gasteiger partial charge in [0.1, 0.15) is 66.5 Å². The van der Waals surface area contributed by atoms with Crippen LogP contribution in [-0.4, -0.2) is 199 Å². The molecular formula is C69H118N22O15. The maximum Gasteiger partial charge on any atom is 0.243 e. The Kier molecular flexibility index (Phi) is 41.8. The number of primary amides is 3. The van der Waals surface area contributed by atoms with Crippen molar-refractivity contribution in [2.75, 3.05) is 32.7 Å². The lowest BCUT2D eigenvalue weighted by Gasteiger charge is -2.30. The molecule has 0 unspecified atom stereocenters. The molecule has 1 heterocycles. The fourth-order valence-electron chi connectivity index (χ4n) is 11.2. The number of rotatable bonds is 52. The second kappa shape index (κ2) is 48.1. The number of para-hydroxylation sites is 1. The lowest BCUT2D eigenvalue weighted by Crippen LogP contribution is -2.61.